The molecule has 6 heteroatoms. The van der Waals surface area contributed by atoms with Crippen molar-refractivity contribution in [2.24, 2.45) is 0 Å². The van der Waals surface area contributed by atoms with Crippen LogP contribution in [0.25, 0.3) is 0 Å². The molecule has 0 fully saturated rings. The Bertz CT molecular complexity index is 257. The molecule has 4 N–H and O–H groups in total. The second-order valence-electron chi connectivity index (χ2n) is 4.19. The van der Waals surface area contributed by atoms with Gasteiger partial charge in [0.15, 0.2) is 0 Å². The van der Waals surface area contributed by atoms with Gasteiger partial charge in [0.05, 0.1) is 0 Å². The van der Waals surface area contributed by atoms with Crippen LogP contribution in [0.1, 0.15) is 64.7 Å². The Labute approximate surface area is 104 Å². The second kappa shape index (κ2) is 10.9. The van der Waals surface area contributed by atoms with Crippen LogP contribution in [0.2, 0.25) is 0 Å². The zero-order valence-electron chi connectivity index (χ0n) is 10.7. The van der Waals surface area contributed by atoms with Gasteiger partial charge in [0.2, 0.25) is 5.50 Å². The molecule has 4 nitrogen and oxygen atoms in total. The predicted octanol–water partition coefficient (Wildman–Crippen LogP) is 3.86. The van der Waals surface area contributed by atoms with Crippen molar-refractivity contribution in [3.63, 3.8) is 0 Å². The molecule has 17 heavy (non-hydrogen) atoms. The first kappa shape index (κ1) is 19.1. The maximum atomic E-state index is 12.7. The minimum atomic E-state index is -4.47. The fraction of sp³-hybridized carbons (Fsp3) is 1.00. The molecule has 0 aliphatic heterocycles. The van der Waals surface area contributed by atoms with Crippen LogP contribution in [0.15, 0.2) is 0 Å². The van der Waals surface area contributed by atoms with Crippen molar-refractivity contribution in [3.8, 4) is 0 Å². The molecule has 1 atom stereocenters. The van der Waals surface area contributed by atoms with Gasteiger partial charge in [-0.3, -0.25) is 4.55 Å². The van der Waals surface area contributed by atoms with Gasteiger partial charge in [-0.1, -0.05) is 51.9 Å². The predicted molar refractivity (Wildman–Crippen MR) is 68.7 cm³/mol. The van der Waals surface area contributed by atoms with Crippen molar-refractivity contribution in [2.75, 3.05) is 0 Å². The minimum Gasteiger partial charge on any atom is -0.344 e. The molecule has 106 valence electrons. The minimum absolute atomic E-state index is 0. The Balaban J connectivity index is 0. The molecule has 0 heterocycles. The summed E-state index contributed by atoms with van der Waals surface area (Å²) in [5.74, 6) is 0. The highest BCUT2D eigenvalue weighted by Gasteiger charge is 2.20. The summed E-state index contributed by atoms with van der Waals surface area (Å²) in [5.41, 5.74) is -2.10. The number of halogens is 1. The Morgan fingerprint density at radius 3 is 1.82 bits per heavy atom. The normalized spacial score (nSPS) is 13.1. The summed E-state index contributed by atoms with van der Waals surface area (Å²) in [6.45, 7) is 2.16. The van der Waals surface area contributed by atoms with Crippen molar-refractivity contribution in [2.45, 2.75) is 70.2 Å². The summed E-state index contributed by atoms with van der Waals surface area (Å²) in [6.07, 6.45) is 8.33. The highest BCUT2D eigenvalue weighted by molar-refractivity contribution is 7.86. The molecule has 0 aromatic rings. The third-order valence-corrected chi connectivity index (χ3v) is 3.49. The highest BCUT2D eigenvalue weighted by atomic mass is 32.2. The van der Waals surface area contributed by atoms with Gasteiger partial charge in [-0.15, -0.1) is 0 Å². The largest absolute Gasteiger partial charge is 0.344 e. The van der Waals surface area contributed by atoms with E-state index in [9.17, 15) is 12.8 Å². The van der Waals surface area contributed by atoms with Crippen molar-refractivity contribution in [3.05, 3.63) is 0 Å². The SMILES string of the molecule is CCCCCCCCCCC(F)S(=O)(=O)O.N. The lowest BCUT2D eigenvalue weighted by molar-refractivity contribution is 0.349. The standard InChI is InChI=1S/C11H23FO3S.H3N/c1-2-3-4-5-6-7-8-9-10-11(12)16(13,14)15;/h11H,2-10H2,1H3,(H,13,14,15);1H3. The summed E-state index contributed by atoms with van der Waals surface area (Å²) >= 11 is 0. The first-order chi connectivity index (χ1) is 7.48. The summed E-state index contributed by atoms with van der Waals surface area (Å²) < 4.78 is 41.8. The Hall–Kier alpha value is -0.200. The van der Waals surface area contributed by atoms with Gasteiger partial charge in [0.25, 0.3) is 10.1 Å². The lowest BCUT2D eigenvalue weighted by atomic mass is 10.1. The maximum Gasteiger partial charge on any atom is 0.297 e. The smallest absolute Gasteiger partial charge is 0.297 e. The molecule has 0 saturated carbocycles. The van der Waals surface area contributed by atoms with Crippen LogP contribution in [-0.2, 0) is 10.1 Å². The Kier molecular flexibility index (Phi) is 12.3. The summed E-state index contributed by atoms with van der Waals surface area (Å²) in [4.78, 5) is 0. The van der Waals surface area contributed by atoms with Crippen LogP contribution >= 0.6 is 0 Å². The first-order valence-corrected chi connectivity index (χ1v) is 7.59. The number of alkyl halides is 1. The van der Waals surface area contributed by atoms with Gasteiger partial charge >= 0.3 is 0 Å². The molecule has 0 rings (SSSR count). The molecule has 0 aromatic heterocycles. The van der Waals surface area contributed by atoms with E-state index in [4.69, 9.17) is 4.55 Å². The zero-order chi connectivity index (χ0) is 12.4. The molecule has 0 radical (unpaired) electrons. The van der Waals surface area contributed by atoms with E-state index >= 15 is 0 Å². The van der Waals surface area contributed by atoms with Crippen molar-refractivity contribution in [1.29, 1.82) is 0 Å². The third-order valence-electron chi connectivity index (χ3n) is 2.61. The number of rotatable bonds is 10. The molecule has 0 saturated heterocycles. The molecule has 0 amide bonds. The monoisotopic (exact) mass is 271 g/mol. The molecule has 0 aliphatic carbocycles. The van der Waals surface area contributed by atoms with Crippen LogP contribution < -0.4 is 6.15 Å². The summed E-state index contributed by atoms with van der Waals surface area (Å²) in [7, 11) is -4.47. The number of hydrogen-bond acceptors (Lipinski definition) is 3. The van der Waals surface area contributed by atoms with Gasteiger partial charge in [-0.2, -0.15) is 8.42 Å². The average Bonchev–Trinajstić information content (AvgIpc) is 2.20. The lowest BCUT2D eigenvalue weighted by Crippen LogP contribution is -2.14. The van der Waals surface area contributed by atoms with Crippen LogP contribution in [0, 0.1) is 0 Å². The quantitative estimate of drug-likeness (QED) is 0.466. The number of hydrogen-bond donors (Lipinski definition) is 2. The van der Waals surface area contributed by atoms with Gasteiger partial charge in [-0.05, 0) is 12.8 Å². The molecule has 0 bridgehead atoms. The lowest BCUT2D eigenvalue weighted by Gasteiger charge is -2.04. The van der Waals surface area contributed by atoms with Gasteiger partial charge in [-0.25, -0.2) is 4.39 Å². The van der Waals surface area contributed by atoms with Gasteiger partial charge in [0.1, 0.15) is 0 Å². The first-order valence-electron chi connectivity index (χ1n) is 6.09. The van der Waals surface area contributed by atoms with Crippen LogP contribution in [0.3, 0.4) is 0 Å². The summed E-state index contributed by atoms with van der Waals surface area (Å²) in [6, 6.07) is 0. The van der Waals surface area contributed by atoms with Crippen LogP contribution in [0.4, 0.5) is 4.39 Å². The van der Waals surface area contributed by atoms with Crippen molar-refractivity contribution in [1.82, 2.24) is 6.15 Å². The maximum absolute atomic E-state index is 12.7. The molecule has 0 aromatic carbocycles. The van der Waals surface area contributed by atoms with Crippen molar-refractivity contribution >= 4 is 10.1 Å². The number of unbranched alkanes of at least 4 members (excludes halogenated alkanes) is 7. The average molecular weight is 271 g/mol. The van der Waals surface area contributed by atoms with E-state index < -0.39 is 15.6 Å². The van der Waals surface area contributed by atoms with Crippen LogP contribution in [0.5, 0.6) is 0 Å². The van der Waals surface area contributed by atoms with E-state index in [1.165, 1.54) is 25.7 Å². The Morgan fingerprint density at radius 1 is 1.00 bits per heavy atom. The van der Waals surface area contributed by atoms with Crippen molar-refractivity contribution < 1.29 is 17.4 Å². The topological polar surface area (TPSA) is 89.4 Å². The molecular formula is C11H26FNO3S. The summed E-state index contributed by atoms with van der Waals surface area (Å²) in [5, 5.41) is 0. The van der Waals surface area contributed by atoms with E-state index in [1.807, 2.05) is 0 Å². The molecule has 0 spiro atoms. The zero-order valence-corrected chi connectivity index (χ0v) is 11.5. The van der Waals surface area contributed by atoms with E-state index in [1.54, 1.807) is 0 Å². The van der Waals surface area contributed by atoms with Gasteiger partial charge in [0, 0.05) is 0 Å². The van der Waals surface area contributed by atoms with Gasteiger partial charge < -0.3 is 6.15 Å². The fourth-order valence-electron chi connectivity index (χ4n) is 1.59. The second-order valence-corrected chi connectivity index (χ2v) is 5.73. The van der Waals surface area contributed by atoms with E-state index in [0.29, 0.717) is 6.42 Å². The van der Waals surface area contributed by atoms with E-state index in [-0.39, 0.29) is 12.6 Å². The molecular weight excluding hydrogens is 245 g/mol. The highest BCUT2D eigenvalue weighted by Crippen LogP contribution is 2.14. The Morgan fingerprint density at radius 2 is 1.41 bits per heavy atom. The third kappa shape index (κ3) is 12.1. The molecule has 0 aliphatic rings. The van der Waals surface area contributed by atoms with Crippen LogP contribution in [-0.4, -0.2) is 18.5 Å². The molecule has 1 unspecified atom stereocenters. The van der Waals surface area contributed by atoms with E-state index in [2.05, 4.69) is 6.92 Å². The van der Waals surface area contributed by atoms with E-state index in [0.717, 1.165) is 19.3 Å². The fourth-order valence-corrected chi connectivity index (χ4v) is 2.05.